The highest BCUT2D eigenvalue weighted by molar-refractivity contribution is 5.98. The molecule has 2 aliphatic heterocycles. The topological polar surface area (TPSA) is 66.8 Å². The van der Waals surface area contributed by atoms with Crippen LogP contribution in [0.25, 0.3) is 0 Å². The molecule has 2 aliphatic rings. The quantitative estimate of drug-likeness (QED) is 0.921. The average molecular weight is 289 g/mol. The maximum absolute atomic E-state index is 12.4. The highest BCUT2D eigenvalue weighted by Gasteiger charge is 2.36. The molecule has 0 saturated carbocycles. The number of benzene rings is 1. The van der Waals surface area contributed by atoms with Crippen molar-refractivity contribution in [3.05, 3.63) is 29.8 Å². The Bertz CT molecular complexity index is 551. The zero-order valence-corrected chi connectivity index (χ0v) is 11.8. The first-order valence-electron chi connectivity index (χ1n) is 7.36. The highest BCUT2D eigenvalue weighted by Crippen LogP contribution is 2.36. The number of aliphatic carboxylic acids is 1. The summed E-state index contributed by atoms with van der Waals surface area (Å²) in [7, 11) is 0. The van der Waals surface area contributed by atoms with E-state index in [0.717, 1.165) is 37.3 Å². The van der Waals surface area contributed by atoms with E-state index in [-0.39, 0.29) is 12.5 Å². The van der Waals surface area contributed by atoms with Gasteiger partial charge < -0.3 is 14.7 Å². The predicted molar refractivity (Wildman–Crippen MR) is 77.3 cm³/mol. The van der Waals surface area contributed by atoms with Crippen molar-refractivity contribution in [2.24, 2.45) is 5.92 Å². The van der Waals surface area contributed by atoms with Gasteiger partial charge in [0.1, 0.15) is 5.92 Å². The van der Waals surface area contributed by atoms with Crippen LogP contribution in [0.5, 0.6) is 0 Å². The van der Waals surface area contributed by atoms with E-state index in [1.807, 2.05) is 18.2 Å². The molecule has 0 spiro atoms. The van der Waals surface area contributed by atoms with Crippen LogP contribution in [0.3, 0.4) is 0 Å². The number of ether oxygens (including phenoxy) is 1. The van der Waals surface area contributed by atoms with E-state index >= 15 is 0 Å². The first-order valence-corrected chi connectivity index (χ1v) is 7.36. The van der Waals surface area contributed by atoms with Gasteiger partial charge in [0.2, 0.25) is 5.91 Å². The lowest BCUT2D eigenvalue weighted by Gasteiger charge is -2.18. The maximum atomic E-state index is 12.4. The van der Waals surface area contributed by atoms with E-state index in [1.165, 1.54) is 0 Å². The lowest BCUT2D eigenvalue weighted by Crippen LogP contribution is -2.31. The van der Waals surface area contributed by atoms with Gasteiger partial charge in [-0.25, -0.2) is 0 Å². The molecule has 0 bridgehead atoms. The van der Waals surface area contributed by atoms with Gasteiger partial charge in [-0.1, -0.05) is 18.2 Å². The molecule has 112 valence electrons. The van der Waals surface area contributed by atoms with Gasteiger partial charge in [0.05, 0.1) is 0 Å². The van der Waals surface area contributed by atoms with Crippen molar-refractivity contribution in [2.45, 2.75) is 25.2 Å². The zero-order chi connectivity index (χ0) is 14.8. The molecule has 1 amide bonds. The third kappa shape index (κ3) is 2.78. The summed E-state index contributed by atoms with van der Waals surface area (Å²) in [4.78, 5) is 25.4. The van der Waals surface area contributed by atoms with Crippen LogP contribution in [0.2, 0.25) is 0 Å². The summed E-state index contributed by atoms with van der Waals surface area (Å²) in [5.74, 6) is -1.01. The molecule has 1 N–H and O–H groups in total. The molecule has 0 aliphatic carbocycles. The van der Waals surface area contributed by atoms with Gasteiger partial charge in [0.15, 0.2) is 0 Å². The molecule has 5 nitrogen and oxygen atoms in total. The van der Waals surface area contributed by atoms with Crippen LogP contribution in [0.1, 0.15) is 30.7 Å². The van der Waals surface area contributed by atoms with E-state index in [0.29, 0.717) is 12.3 Å². The van der Waals surface area contributed by atoms with Gasteiger partial charge in [0.25, 0.3) is 0 Å². The smallest absolute Gasteiger partial charge is 0.312 e. The van der Waals surface area contributed by atoms with Crippen molar-refractivity contribution in [1.82, 2.24) is 0 Å². The minimum atomic E-state index is -0.873. The van der Waals surface area contributed by atoms with Crippen LogP contribution in [0.4, 0.5) is 5.69 Å². The molecule has 2 heterocycles. The minimum absolute atomic E-state index is 0.0121. The Morgan fingerprint density at radius 2 is 2.14 bits per heavy atom. The van der Waals surface area contributed by atoms with Gasteiger partial charge in [-0.15, -0.1) is 0 Å². The Morgan fingerprint density at radius 1 is 1.33 bits per heavy atom. The first-order chi connectivity index (χ1) is 10.2. The van der Waals surface area contributed by atoms with Crippen LogP contribution >= 0.6 is 0 Å². The Kier molecular flexibility index (Phi) is 3.92. The van der Waals surface area contributed by atoms with E-state index in [9.17, 15) is 14.7 Å². The number of amides is 1. The van der Waals surface area contributed by atoms with Crippen LogP contribution in [-0.4, -0.2) is 36.7 Å². The Morgan fingerprint density at radius 3 is 2.86 bits per heavy atom. The van der Waals surface area contributed by atoms with Gasteiger partial charge in [0, 0.05) is 31.9 Å². The molecule has 5 heteroatoms. The number of carbonyl (C=O) groups is 2. The molecule has 21 heavy (non-hydrogen) atoms. The molecule has 1 fully saturated rings. The van der Waals surface area contributed by atoms with E-state index in [2.05, 4.69) is 0 Å². The van der Waals surface area contributed by atoms with Crippen molar-refractivity contribution >= 4 is 17.6 Å². The summed E-state index contributed by atoms with van der Waals surface area (Å²) < 4.78 is 5.32. The minimum Gasteiger partial charge on any atom is -0.481 e. The average Bonchev–Trinajstić information content (AvgIpc) is 3.12. The summed E-state index contributed by atoms with van der Waals surface area (Å²) in [6, 6.07) is 7.29. The molecule has 1 saturated heterocycles. The third-order valence-corrected chi connectivity index (χ3v) is 4.36. The fourth-order valence-electron chi connectivity index (χ4n) is 3.13. The van der Waals surface area contributed by atoms with Crippen molar-refractivity contribution in [2.75, 3.05) is 24.7 Å². The third-order valence-electron chi connectivity index (χ3n) is 4.36. The summed E-state index contributed by atoms with van der Waals surface area (Å²) in [5.41, 5.74) is 1.49. The molecular weight excluding hydrogens is 270 g/mol. The predicted octanol–water partition coefficient (Wildman–Crippen LogP) is 2.02. The van der Waals surface area contributed by atoms with Crippen LogP contribution in [-0.2, 0) is 14.3 Å². The van der Waals surface area contributed by atoms with Crippen molar-refractivity contribution in [1.29, 1.82) is 0 Å². The van der Waals surface area contributed by atoms with Gasteiger partial charge in [-0.05, 0) is 30.4 Å². The number of carboxylic acids is 1. The molecule has 0 aromatic heterocycles. The fraction of sp³-hybridized carbons (Fsp3) is 0.500. The van der Waals surface area contributed by atoms with Crippen LogP contribution in [0.15, 0.2) is 24.3 Å². The molecule has 0 radical (unpaired) electrons. The monoisotopic (exact) mass is 289 g/mol. The Labute approximate surface area is 123 Å². The maximum Gasteiger partial charge on any atom is 0.312 e. The highest BCUT2D eigenvalue weighted by atomic mass is 16.5. The number of anilines is 1. The largest absolute Gasteiger partial charge is 0.481 e. The number of para-hydroxylation sites is 1. The summed E-state index contributed by atoms with van der Waals surface area (Å²) in [6.45, 7) is 1.77. The molecular formula is C16H19NO4. The number of fused-ring (bicyclic) bond motifs is 1. The zero-order valence-electron chi connectivity index (χ0n) is 11.8. The van der Waals surface area contributed by atoms with E-state index < -0.39 is 11.9 Å². The summed E-state index contributed by atoms with van der Waals surface area (Å²) in [5, 5.41) is 9.31. The standard InChI is InChI=1S/C16H19NO4/c18-15(6-5-11-7-8-21-10-11)17-9-13(16(19)20)12-3-1-2-4-14(12)17/h1-4,11,13H,5-10H2,(H,19,20). The second-order valence-electron chi connectivity index (χ2n) is 5.72. The Hall–Kier alpha value is -1.88. The number of carboxylic acid groups (broad SMARTS) is 1. The number of carbonyl (C=O) groups excluding carboxylic acids is 1. The molecule has 2 atom stereocenters. The molecule has 1 aromatic carbocycles. The van der Waals surface area contributed by atoms with Gasteiger partial charge in [-0.2, -0.15) is 0 Å². The van der Waals surface area contributed by atoms with Crippen molar-refractivity contribution in [3.8, 4) is 0 Å². The van der Waals surface area contributed by atoms with Crippen LogP contribution in [0, 0.1) is 5.92 Å². The lowest BCUT2D eigenvalue weighted by molar-refractivity contribution is -0.138. The van der Waals surface area contributed by atoms with Crippen LogP contribution < -0.4 is 4.90 Å². The SMILES string of the molecule is O=C(O)C1CN(C(=O)CCC2CCOC2)c2ccccc21. The Balaban J connectivity index is 1.70. The number of hydrogen-bond donors (Lipinski definition) is 1. The number of hydrogen-bond acceptors (Lipinski definition) is 3. The van der Waals surface area contributed by atoms with Crippen molar-refractivity contribution < 1.29 is 19.4 Å². The fourth-order valence-corrected chi connectivity index (χ4v) is 3.13. The summed E-state index contributed by atoms with van der Waals surface area (Å²) in [6.07, 6.45) is 2.28. The van der Waals surface area contributed by atoms with Crippen molar-refractivity contribution in [3.63, 3.8) is 0 Å². The lowest BCUT2D eigenvalue weighted by atomic mass is 10.0. The molecule has 1 aromatic rings. The second kappa shape index (κ2) is 5.85. The number of nitrogens with zero attached hydrogens (tertiary/aromatic N) is 1. The number of rotatable bonds is 4. The molecule has 2 unspecified atom stereocenters. The van der Waals surface area contributed by atoms with Gasteiger partial charge >= 0.3 is 5.97 Å². The first kappa shape index (κ1) is 14.1. The second-order valence-corrected chi connectivity index (χ2v) is 5.72. The van der Waals surface area contributed by atoms with E-state index in [4.69, 9.17) is 4.74 Å². The molecule has 3 rings (SSSR count). The normalized spacial score (nSPS) is 24.1. The van der Waals surface area contributed by atoms with Gasteiger partial charge in [-0.3, -0.25) is 9.59 Å². The summed E-state index contributed by atoms with van der Waals surface area (Å²) >= 11 is 0. The van der Waals surface area contributed by atoms with E-state index in [1.54, 1.807) is 11.0 Å².